The molecule has 3 N–H and O–H groups in total. The van der Waals surface area contributed by atoms with Crippen molar-refractivity contribution in [3.63, 3.8) is 0 Å². The Labute approximate surface area is 136 Å². The SMILES string of the molecule is Cc1ccc(C)c(NC(=O)CCC(=O)NC(C(=O)O)C(C)C)c1. The predicted octanol–water partition coefficient (Wildman–Crippen LogP) is 2.25. The molecule has 1 atom stereocenters. The van der Waals surface area contributed by atoms with E-state index in [1.165, 1.54) is 0 Å². The number of carbonyl (C=O) groups excluding carboxylic acids is 2. The zero-order valence-corrected chi connectivity index (χ0v) is 14.0. The zero-order valence-electron chi connectivity index (χ0n) is 14.0. The summed E-state index contributed by atoms with van der Waals surface area (Å²) < 4.78 is 0. The van der Waals surface area contributed by atoms with Gasteiger partial charge >= 0.3 is 5.97 Å². The monoisotopic (exact) mass is 320 g/mol. The van der Waals surface area contributed by atoms with Crippen molar-refractivity contribution in [1.29, 1.82) is 0 Å². The van der Waals surface area contributed by atoms with Crippen LogP contribution in [0.25, 0.3) is 0 Å². The molecule has 6 nitrogen and oxygen atoms in total. The molecule has 0 radical (unpaired) electrons. The average molecular weight is 320 g/mol. The lowest BCUT2D eigenvalue weighted by Gasteiger charge is -2.17. The van der Waals surface area contributed by atoms with Crippen LogP contribution in [0.1, 0.15) is 37.8 Å². The van der Waals surface area contributed by atoms with Gasteiger partial charge in [-0.15, -0.1) is 0 Å². The number of aryl methyl sites for hydroxylation is 2. The van der Waals surface area contributed by atoms with E-state index in [-0.39, 0.29) is 24.7 Å². The smallest absolute Gasteiger partial charge is 0.326 e. The van der Waals surface area contributed by atoms with E-state index in [1.54, 1.807) is 13.8 Å². The third kappa shape index (κ3) is 6.10. The molecule has 0 aromatic heterocycles. The summed E-state index contributed by atoms with van der Waals surface area (Å²) in [7, 11) is 0. The second kappa shape index (κ2) is 8.31. The number of aliphatic carboxylic acids is 1. The van der Waals surface area contributed by atoms with Crippen molar-refractivity contribution in [3.05, 3.63) is 29.3 Å². The molecule has 0 aliphatic carbocycles. The van der Waals surface area contributed by atoms with Crippen molar-refractivity contribution >= 4 is 23.5 Å². The summed E-state index contributed by atoms with van der Waals surface area (Å²) in [5.41, 5.74) is 2.70. The summed E-state index contributed by atoms with van der Waals surface area (Å²) in [5.74, 6) is -2.01. The van der Waals surface area contributed by atoms with Crippen LogP contribution < -0.4 is 10.6 Å². The number of anilines is 1. The minimum Gasteiger partial charge on any atom is -0.480 e. The van der Waals surface area contributed by atoms with E-state index in [2.05, 4.69) is 10.6 Å². The van der Waals surface area contributed by atoms with Gasteiger partial charge in [-0.2, -0.15) is 0 Å². The fraction of sp³-hybridized carbons (Fsp3) is 0.471. The van der Waals surface area contributed by atoms with Crippen LogP contribution in [-0.4, -0.2) is 28.9 Å². The molecule has 2 amide bonds. The van der Waals surface area contributed by atoms with Gasteiger partial charge in [0.05, 0.1) is 0 Å². The first-order chi connectivity index (χ1) is 10.7. The molecule has 23 heavy (non-hydrogen) atoms. The standard InChI is InChI=1S/C17H24N2O4/c1-10(2)16(17(22)23)19-15(21)8-7-14(20)18-13-9-11(3)5-6-12(13)4/h5-6,9-10,16H,7-8H2,1-4H3,(H,18,20)(H,19,21)(H,22,23). The van der Waals surface area contributed by atoms with E-state index in [9.17, 15) is 14.4 Å². The largest absolute Gasteiger partial charge is 0.480 e. The van der Waals surface area contributed by atoms with Gasteiger partial charge in [-0.1, -0.05) is 26.0 Å². The number of benzene rings is 1. The summed E-state index contributed by atoms with van der Waals surface area (Å²) in [4.78, 5) is 34.7. The lowest BCUT2D eigenvalue weighted by molar-refractivity contribution is -0.143. The molecule has 0 aliphatic heterocycles. The fourth-order valence-corrected chi connectivity index (χ4v) is 2.07. The number of nitrogens with one attached hydrogen (secondary N) is 2. The van der Waals surface area contributed by atoms with E-state index >= 15 is 0 Å². The number of rotatable bonds is 7. The van der Waals surface area contributed by atoms with Crippen molar-refractivity contribution < 1.29 is 19.5 Å². The summed E-state index contributed by atoms with van der Waals surface area (Å²) in [5, 5.41) is 14.2. The molecular formula is C17H24N2O4. The van der Waals surface area contributed by atoms with Crippen molar-refractivity contribution in [3.8, 4) is 0 Å². The van der Waals surface area contributed by atoms with Crippen LogP contribution in [0.15, 0.2) is 18.2 Å². The third-order valence-corrected chi connectivity index (χ3v) is 3.50. The van der Waals surface area contributed by atoms with Crippen LogP contribution in [0, 0.1) is 19.8 Å². The van der Waals surface area contributed by atoms with E-state index in [0.717, 1.165) is 16.8 Å². The van der Waals surface area contributed by atoms with Crippen LogP contribution in [0.4, 0.5) is 5.69 Å². The van der Waals surface area contributed by atoms with Crippen LogP contribution in [0.3, 0.4) is 0 Å². The van der Waals surface area contributed by atoms with Crippen molar-refractivity contribution in [2.75, 3.05) is 5.32 Å². The van der Waals surface area contributed by atoms with Gasteiger partial charge in [0.25, 0.3) is 0 Å². The Hall–Kier alpha value is -2.37. The van der Waals surface area contributed by atoms with Gasteiger partial charge in [0.2, 0.25) is 11.8 Å². The molecule has 1 aromatic rings. The maximum atomic E-state index is 11.9. The highest BCUT2D eigenvalue weighted by atomic mass is 16.4. The highest BCUT2D eigenvalue weighted by molar-refractivity contribution is 5.94. The number of carboxylic acid groups (broad SMARTS) is 1. The van der Waals surface area contributed by atoms with Gasteiger partial charge in [0.15, 0.2) is 0 Å². The van der Waals surface area contributed by atoms with Gasteiger partial charge in [-0.3, -0.25) is 9.59 Å². The first kappa shape index (κ1) is 18.7. The molecule has 0 fully saturated rings. The van der Waals surface area contributed by atoms with Gasteiger partial charge in [0.1, 0.15) is 6.04 Å². The van der Waals surface area contributed by atoms with Crippen LogP contribution in [0.2, 0.25) is 0 Å². The Balaban J connectivity index is 2.51. The Morgan fingerprint density at radius 3 is 2.26 bits per heavy atom. The number of hydrogen-bond donors (Lipinski definition) is 3. The second-order valence-electron chi connectivity index (χ2n) is 5.99. The molecule has 0 saturated heterocycles. The second-order valence-corrected chi connectivity index (χ2v) is 5.99. The molecule has 0 bridgehead atoms. The van der Waals surface area contributed by atoms with Gasteiger partial charge in [0, 0.05) is 18.5 Å². The minimum absolute atomic E-state index is 0.00362. The predicted molar refractivity (Wildman–Crippen MR) is 88.2 cm³/mol. The fourth-order valence-electron chi connectivity index (χ4n) is 2.07. The van der Waals surface area contributed by atoms with Crippen molar-refractivity contribution in [2.45, 2.75) is 46.6 Å². The van der Waals surface area contributed by atoms with E-state index in [4.69, 9.17) is 5.11 Å². The lowest BCUT2D eigenvalue weighted by Crippen LogP contribution is -2.44. The van der Waals surface area contributed by atoms with E-state index in [1.807, 2.05) is 32.0 Å². The quantitative estimate of drug-likeness (QED) is 0.718. The Morgan fingerprint density at radius 2 is 1.70 bits per heavy atom. The molecule has 0 heterocycles. The molecule has 1 aromatic carbocycles. The van der Waals surface area contributed by atoms with Gasteiger partial charge in [-0.25, -0.2) is 4.79 Å². The first-order valence-corrected chi connectivity index (χ1v) is 7.60. The topological polar surface area (TPSA) is 95.5 Å². The Bertz CT molecular complexity index is 596. The number of carboxylic acids is 1. The average Bonchev–Trinajstić information content (AvgIpc) is 2.45. The highest BCUT2D eigenvalue weighted by Gasteiger charge is 2.23. The minimum atomic E-state index is -1.08. The zero-order chi connectivity index (χ0) is 17.6. The molecular weight excluding hydrogens is 296 g/mol. The third-order valence-electron chi connectivity index (χ3n) is 3.50. The normalized spacial score (nSPS) is 11.9. The molecule has 1 unspecified atom stereocenters. The number of hydrogen-bond acceptors (Lipinski definition) is 3. The maximum absolute atomic E-state index is 11.9. The molecule has 0 aliphatic rings. The molecule has 0 spiro atoms. The maximum Gasteiger partial charge on any atom is 0.326 e. The van der Waals surface area contributed by atoms with Gasteiger partial charge in [-0.05, 0) is 37.0 Å². The summed E-state index contributed by atoms with van der Waals surface area (Å²) >= 11 is 0. The van der Waals surface area contributed by atoms with Crippen LogP contribution in [-0.2, 0) is 14.4 Å². The lowest BCUT2D eigenvalue weighted by atomic mass is 10.0. The molecule has 1 rings (SSSR count). The number of amides is 2. The molecule has 0 saturated carbocycles. The summed E-state index contributed by atoms with van der Waals surface area (Å²) in [6, 6.07) is 4.80. The van der Waals surface area contributed by atoms with Crippen LogP contribution >= 0.6 is 0 Å². The van der Waals surface area contributed by atoms with Crippen LogP contribution in [0.5, 0.6) is 0 Å². The Morgan fingerprint density at radius 1 is 1.09 bits per heavy atom. The summed E-state index contributed by atoms with van der Waals surface area (Å²) in [6.07, 6.45) is -0.0448. The van der Waals surface area contributed by atoms with Crippen molar-refractivity contribution in [2.24, 2.45) is 5.92 Å². The number of carbonyl (C=O) groups is 3. The molecule has 6 heteroatoms. The first-order valence-electron chi connectivity index (χ1n) is 7.60. The summed E-state index contributed by atoms with van der Waals surface area (Å²) in [6.45, 7) is 7.25. The molecule has 126 valence electrons. The highest BCUT2D eigenvalue weighted by Crippen LogP contribution is 2.16. The van der Waals surface area contributed by atoms with Crippen molar-refractivity contribution in [1.82, 2.24) is 5.32 Å². The van der Waals surface area contributed by atoms with E-state index in [0.29, 0.717) is 0 Å². The van der Waals surface area contributed by atoms with E-state index < -0.39 is 17.9 Å². The Kier molecular flexibility index (Phi) is 6.75. The van der Waals surface area contributed by atoms with Gasteiger partial charge < -0.3 is 15.7 Å².